The second kappa shape index (κ2) is 6.08. The summed E-state index contributed by atoms with van der Waals surface area (Å²) in [5.41, 5.74) is 6.08. The van der Waals surface area contributed by atoms with Crippen LogP contribution in [0.5, 0.6) is 0 Å². The van der Waals surface area contributed by atoms with E-state index in [4.69, 9.17) is 15.7 Å². The molecule has 0 aliphatic heterocycles. The first-order valence-electron chi connectivity index (χ1n) is 4.79. The maximum atomic E-state index is 11.5. The second-order valence-electron chi connectivity index (χ2n) is 3.07. The number of thiophene rings is 1. The lowest BCUT2D eigenvalue weighted by Gasteiger charge is -2.05. The molecule has 0 amide bonds. The molecule has 0 spiro atoms. The molecule has 1 aromatic heterocycles. The number of carbonyl (C=O) groups excluding carboxylic acids is 1. The lowest BCUT2D eigenvalue weighted by Crippen LogP contribution is -2.11. The normalized spacial score (nSPS) is 9.71. The van der Waals surface area contributed by atoms with Gasteiger partial charge >= 0.3 is 5.97 Å². The average molecular weight is 255 g/mol. The Labute approximate surface area is 103 Å². The van der Waals surface area contributed by atoms with Crippen molar-refractivity contribution >= 4 is 28.0 Å². The summed E-state index contributed by atoms with van der Waals surface area (Å²) in [6.07, 6.45) is 0. The second-order valence-corrected chi connectivity index (χ2v) is 4.09. The topological polar surface area (TPSA) is 97.4 Å². The van der Waals surface area contributed by atoms with Gasteiger partial charge in [0.15, 0.2) is 0 Å². The van der Waals surface area contributed by atoms with E-state index in [0.29, 0.717) is 23.0 Å². The first kappa shape index (κ1) is 13.3. The minimum Gasteiger partial charge on any atom is -0.465 e. The molecule has 6 nitrogen and oxygen atoms in total. The summed E-state index contributed by atoms with van der Waals surface area (Å²) in [5.74, 6) is -0.555. The molecule has 1 heterocycles. The summed E-state index contributed by atoms with van der Waals surface area (Å²) in [4.78, 5) is 11.8. The molecule has 0 aromatic carbocycles. The molecule has 92 valence electrons. The predicted octanol–water partition coefficient (Wildman–Crippen LogP) is 1.05. The van der Waals surface area contributed by atoms with Crippen LogP contribution >= 0.6 is 11.3 Å². The molecule has 17 heavy (non-hydrogen) atoms. The number of esters is 1. The van der Waals surface area contributed by atoms with E-state index in [1.807, 2.05) is 6.07 Å². The number of anilines is 2. The zero-order valence-electron chi connectivity index (χ0n) is 9.57. The van der Waals surface area contributed by atoms with Gasteiger partial charge in [-0.1, -0.05) is 0 Å². The zero-order chi connectivity index (χ0) is 12.8. The number of nitriles is 1. The Bertz CT molecular complexity index is 450. The molecule has 1 rings (SSSR count). The molecule has 0 aliphatic carbocycles. The Morgan fingerprint density at radius 1 is 1.59 bits per heavy atom. The monoisotopic (exact) mass is 255 g/mol. The summed E-state index contributed by atoms with van der Waals surface area (Å²) in [5, 5.41) is 12.4. The molecule has 0 saturated heterocycles. The maximum Gasteiger partial charge on any atom is 0.343 e. The van der Waals surface area contributed by atoms with Crippen LogP contribution in [0.25, 0.3) is 0 Å². The van der Waals surface area contributed by atoms with Crippen LogP contribution in [0.1, 0.15) is 15.2 Å². The van der Waals surface area contributed by atoms with Crippen molar-refractivity contribution in [3.05, 3.63) is 10.4 Å². The smallest absolute Gasteiger partial charge is 0.343 e. The number of nitrogens with zero attached hydrogens (tertiary/aromatic N) is 1. The third kappa shape index (κ3) is 2.87. The molecule has 0 saturated carbocycles. The van der Waals surface area contributed by atoms with Gasteiger partial charge in [-0.3, -0.25) is 0 Å². The number of nitrogen functional groups attached to an aromatic ring is 1. The fourth-order valence-electron chi connectivity index (χ4n) is 1.22. The van der Waals surface area contributed by atoms with Crippen LogP contribution in [-0.4, -0.2) is 33.3 Å². The molecule has 0 bridgehead atoms. The Hall–Kier alpha value is -1.78. The molecular weight excluding hydrogens is 242 g/mol. The fraction of sp³-hybridized carbons (Fsp3) is 0.400. The van der Waals surface area contributed by atoms with Gasteiger partial charge < -0.3 is 20.5 Å². The van der Waals surface area contributed by atoms with Crippen molar-refractivity contribution in [1.29, 1.82) is 5.26 Å². The molecular formula is C10H13N3O3S. The lowest BCUT2D eigenvalue weighted by atomic mass is 10.2. The minimum absolute atomic E-state index is 0.157. The van der Waals surface area contributed by atoms with E-state index < -0.39 is 5.97 Å². The van der Waals surface area contributed by atoms with Crippen molar-refractivity contribution in [1.82, 2.24) is 0 Å². The lowest BCUT2D eigenvalue weighted by molar-refractivity contribution is 0.0603. The molecule has 0 radical (unpaired) electrons. The Balaban J connectivity index is 3.02. The van der Waals surface area contributed by atoms with Crippen LogP contribution in [0, 0.1) is 11.3 Å². The van der Waals surface area contributed by atoms with Gasteiger partial charge in [0, 0.05) is 13.7 Å². The predicted molar refractivity (Wildman–Crippen MR) is 65.2 cm³/mol. The van der Waals surface area contributed by atoms with E-state index >= 15 is 0 Å². The first-order valence-corrected chi connectivity index (χ1v) is 5.60. The van der Waals surface area contributed by atoms with Crippen LogP contribution < -0.4 is 11.1 Å². The molecule has 0 fully saturated rings. The van der Waals surface area contributed by atoms with E-state index in [-0.39, 0.29) is 11.3 Å². The number of rotatable bonds is 5. The number of nitrogens with one attached hydrogen (secondary N) is 1. The van der Waals surface area contributed by atoms with Crippen LogP contribution in [0.2, 0.25) is 0 Å². The largest absolute Gasteiger partial charge is 0.465 e. The maximum absolute atomic E-state index is 11.5. The van der Waals surface area contributed by atoms with Crippen molar-refractivity contribution in [2.24, 2.45) is 0 Å². The van der Waals surface area contributed by atoms with Gasteiger partial charge in [0.2, 0.25) is 0 Å². The van der Waals surface area contributed by atoms with Gasteiger partial charge in [-0.25, -0.2) is 4.79 Å². The van der Waals surface area contributed by atoms with Crippen LogP contribution in [0.4, 0.5) is 10.7 Å². The van der Waals surface area contributed by atoms with Crippen molar-refractivity contribution in [3.8, 4) is 6.07 Å². The van der Waals surface area contributed by atoms with Gasteiger partial charge in [-0.2, -0.15) is 5.26 Å². The van der Waals surface area contributed by atoms with Gasteiger partial charge in [0.25, 0.3) is 0 Å². The minimum atomic E-state index is -0.555. The number of carbonyl (C=O) groups is 1. The van der Waals surface area contributed by atoms with E-state index in [9.17, 15) is 4.79 Å². The van der Waals surface area contributed by atoms with E-state index in [0.717, 1.165) is 11.3 Å². The molecule has 1 aromatic rings. The number of nitrogens with two attached hydrogens (primary N) is 1. The number of methoxy groups -OCH3 is 2. The third-order valence-corrected chi connectivity index (χ3v) is 3.10. The Morgan fingerprint density at radius 2 is 2.29 bits per heavy atom. The summed E-state index contributed by atoms with van der Waals surface area (Å²) in [6.45, 7) is 1.01. The summed E-state index contributed by atoms with van der Waals surface area (Å²) in [6, 6.07) is 1.94. The van der Waals surface area contributed by atoms with E-state index in [1.165, 1.54) is 7.11 Å². The molecule has 0 atom stereocenters. The highest BCUT2D eigenvalue weighted by Gasteiger charge is 2.22. The first-order chi connectivity index (χ1) is 8.15. The molecule has 0 unspecified atom stereocenters. The van der Waals surface area contributed by atoms with Crippen molar-refractivity contribution in [2.75, 3.05) is 38.4 Å². The standard InChI is InChI=1S/C10H13N3O3S/c1-15-4-3-13-9-7(10(14)16-2)8(12)6(5-11)17-9/h13H,3-4,12H2,1-2H3. The Morgan fingerprint density at radius 3 is 2.82 bits per heavy atom. The Kier molecular flexibility index (Phi) is 4.75. The van der Waals surface area contributed by atoms with E-state index in [2.05, 4.69) is 10.1 Å². The number of ether oxygens (including phenoxy) is 2. The van der Waals surface area contributed by atoms with Gasteiger partial charge in [0.1, 0.15) is 21.5 Å². The van der Waals surface area contributed by atoms with Crippen LogP contribution in [-0.2, 0) is 9.47 Å². The van der Waals surface area contributed by atoms with Gasteiger partial charge in [-0.15, -0.1) is 11.3 Å². The third-order valence-electron chi connectivity index (χ3n) is 2.03. The van der Waals surface area contributed by atoms with Crippen molar-refractivity contribution in [3.63, 3.8) is 0 Å². The fourth-order valence-corrected chi connectivity index (χ4v) is 2.15. The molecule has 3 N–H and O–H groups in total. The van der Waals surface area contributed by atoms with Crippen LogP contribution in [0.3, 0.4) is 0 Å². The highest BCUT2D eigenvalue weighted by Crippen LogP contribution is 2.35. The quantitative estimate of drug-likeness (QED) is 0.603. The zero-order valence-corrected chi connectivity index (χ0v) is 10.4. The van der Waals surface area contributed by atoms with Gasteiger partial charge in [-0.05, 0) is 0 Å². The highest BCUT2D eigenvalue weighted by atomic mass is 32.1. The van der Waals surface area contributed by atoms with Gasteiger partial charge in [0.05, 0.1) is 19.4 Å². The van der Waals surface area contributed by atoms with Crippen molar-refractivity contribution < 1.29 is 14.3 Å². The summed E-state index contributed by atoms with van der Waals surface area (Å²) >= 11 is 1.13. The average Bonchev–Trinajstić information content (AvgIpc) is 2.65. The van der Waals surface area contributed by atoms with Crippen molar-refractivity contribution in [2.45, 2.75) is 0 Å². The van der Waals surface area contributed by atoms with Crippen LogP contribution in [0.15, 0.2) is 0 Å². The summed E-state index contributed by atoms with van der Waals surface area (Å²) < 4.78 is 9.51. The van der Waals surface area contributed by atoms with E-state index in [1.54, 1.807) is 7.11 Å². The SMILES string of the molecule is COCCNc1sc(C#N)c(N)c1C(=O)OC. The molecule has 0 aliphatic rings. The number of hydrogen-bond donors (Lipinski definition) is 2. The summed E-state index contributed by atoms with van der Waals surface area (Å²) in [7, 11) is 2.84. The highest BCUT2D eigenvalue weighted by molar-refractivity contribution is 7.17. The number of hydrogen-bond acceptors (Lipinski definition) is 7. The molecule has 7 heteroatoms.